The Morgan fingerprint density at radius 2 is 1.18 bits per heavy atom. The van der Waals surface area contributed by atoms with E-state index in [0.29, 0.717) is 0 Å². The lowest BCUT2D eigenvalue weighted by Gasteiger charge is -2.35. The molecule has 0 aliphatic carbocycles. The van der Waals surface area contributed by atoms with E-state index in [1.807, 2.05) is 0 Å². The molecule has 0 aromatic heterocycles. The molecule has 0 unspecified atom stereocenters. The SMILES string of the molecule is C[SiH](C)O[Si](CCCI)(O[SiH](C)C)O[SiH](C)C. The molecule has 0 aliphatic rings. The van der Waals surface area contributed by atoms with Crippen molar-refractivity contribution in [3.05, 3.63) is 0 Å². The summed E-state index contributed by atoms with van der Waals surface area (Å²) in [5, 5.41) is 0. The Bertz CT molecular complexity index is 178. The second kappa shape index (κ2) is 9.39. The topological polar surface area (TPSA) is 27.7 Å². The first-order valence-electron chi connectivity index (χ1n) is 6.40. The lowest BCUT2D eigenvalue weighted by atomic mass is 10.6. The van der Waals surface area contributed by atoms with Gasteiger partial charge in [0.15, 0.2) is 27.1 Å². The Balaban J connectivity index is 4.76. The van der Waals surface area contributed by atoms with Crippen molar-refractivity contribution < 1.29 is 12.3 Å². The van der Waals surface area contributed by atoms with Crippen LogP contribution in [0.4, 0.5) is 0 Å². The first-order chi connectivity index (χ1) is 7.81. The van der Waals surface area contributed by atoms with E-state index >= 15 is 0 Å². The third-order valence-corrected chi connectivity index (χ3v) is 13.6. The van der Waals surface area contributed by atoms with Crippen LogP contribution in [0.2, 0.25) is 45.3 Å². The minimum atomic E-state index is -2.33. The van der Waals surface area contributed by atoms with Gasteiger partial charge in [-0.15, -0.1) is 0 Å². The number of hydrogen-bond acceptors (Lipinski definition) is 3. The molecule has 0 aromatic rings. The Kier molecular flexibility index (Phi) is 10.2. The Hall–Kier alpha value is 1.48. The molecule has 0 radical (unpaired) electrons. The highest BCUT2D eigenvalue weighted by Gasteiger charge is 2.42. The zero-order chi connectivity index (χ0) is 13.5. The van der Waals surface area contributed by atoms with Gasteiger partial charge in [-0.05, 0) is 50.1 Å². The zero-order valence-corrected chi connectivity index (χ0v) is 18.6. The average molecular weight is 423 g/mol. The van der Waals surface area contributed by atoms with Crippen LogP contribution in [0.25, 0.3) is 0 Å². The molecular weight excluding hydrogens is 395 g/mol. The molecule has 0 rings (SSSR count). The number of hydrogen-bond donors (Lipinski definition) is 0. The van der Waals surface area contributed by atoms with Crippen molar-refractivity contribution in [1.82, 2.24) is 0 Å². The van der Waals surface area contributed by atoms with Gasteiger partial charge in [-0.2, -0.15) is 0 Å². The van der Waals surface area contributed by atoms with Gasteiger partial charge in [0.05, 0.1) is 0 Å². The summed E-state index contributed by atoms with van der Waals surface area (Å²) < 4.78 is 19.9. The zero-order valence-electron chi connectivity index (χ0n) is 12.0. The summed E-state index contributed by atoms with van der Waals surface area (Å²) in [5.41, 5.74) is 0. The smallest absolute Gasteiger partial charge is 0.420 e. The molecule has 0 heterocycles. The molecule has 8 heteroatoms. The summed E-state index contributed by atoms with van der Waals surface area (Å²) in [4.78, 5) is 0. The lowest BCUT2D eigenvalue weighted by Crippen LogP contribution is -2.53. The van der Waals surface area contributed by atoms with Gasteiger partial charge < -0.3 is 12.3 Å². The molecule has 0 amide bonds. The summed E-state index contributed by atoms with van der Waals surface area (Å²) in [6, 6.07) is 1.01. The molecule has 0 bridgehead atoms. The van der Waals surface area contributed by atoms with E-state index in [1.54, 1.807) is 0 Å². The molecule has 17 heavy (non-hydrogen) atoms. The van der Waals surface area contributed by atoms with Crippen LogP contribution in [-0.4, -0.2) is 40.4 Å². The Labute approximate surface area is 126 Å². The molecule has 0 fully saturated rings. The van der Waals surface area contributed by atoms with Crippen molar-refractivity contribution >= 4 is 58.5 Å². The molecule has 0 N–H and O–H groups in total. The van der Waals surface area contributed by atoms with Crippen molar-refractivity contribution in [2.75, 3.05) is 4.43 Å². The van der Waals surface area contributed by atoms with E-state index in [-0.39, 0.29) is 0 Å². The maximum absolute atomic E-state index is 6.26. The van der Waals surface area contributed by atoms with E-state index < -0.39 is 35.9 Å². The second-order valence-electron chi connectivity index (χ2n) is 4.98. The molecule has 0 saturated carbocycles. The Morgan fingerprint density at radius 1 is 0.824 bits per heavy atom. The highest BCUT2D eigenvalue weighted by atomic mass is 127. The fourth-order valence-electron chi connectivity index (χ4n) is 1.62. The van der Waals surface area contributed by atoms with Gasteiger partial charge in [0.1, 0.15) is 0 Å². The van der Waals surface area contributed by atoms with Gasteiger partial charge in [0.2, 0.25) is 0 Å². The molecule has 0 saturated heterocycles. The summed E-state index contributed by atoms with van der Waals surface area (Å²) in [5.74, 6) is 0. The van der Waals surface area contributed by atoms with E-state index in [0.717, 1.165) is 16.9 Å². The highest BCUT2D eigenvalue weighted by Crippen LogP contribution is 2.22. The Morgan fingerprint density at radius 3 is 1.41 bits per heavy atom. The maximum atomic E-state index is 6.26. The molecule has 0 aromatic carbocycles. The predicted molar refractivity (Wildman–Crippen MR) is 94.0 cm³/mol. The van der Waals surface area contributed by atoms with E-state index in [2.05, 4.69) is 61.9 Å². The molecule has 0 spiro atoms. The number of alkyl halides is 1. The van der Waals surface area contributed by atoms with Crippen LogP contribution in [-0.2, 0) is 12.3 Å². The standard InChI is InChI=1S/C9H27IO3Si4/c1-14(2)11-17(9-7-8-10,12-15(3)4)13-16(5)6/h14-16H,7-9H2,1-6H3. The van der Waals surface area contributed by atoms with Gasteiger partial charge in [0, 0.05) is 6.04 Å². The van der Waals surface area contributed by atoms with Gasteiger partial charge in [-0.1, -0.05) is 22.6 Å². The molecule has 0 atom stereocenters. The number of halogens is 1. The normalized spacial score (nSPS) is 13.1. The largest absolute Gasteiger partial charge is 0.468 e. The van der Waals surface area contributed by atoms with Gasteiger partial charge >= 0.3 is 8.80 Å². The quantitative estimate of drug-likeness (QED) is 0.325. The summed E-state index contributed by atoms with van der Waals surface area (Å²) in [7, 11) is -5.63. The van der Waals surface area contributed by atoms with Gasteiger partial charge in [-0.3, -0.25) is 0 Å². The van der Waals surface area contributed by atoms with Crippen LogP contribution in [0.3, 0.4) is 0 Å². The van der Waals surface area contributed by atoms with Crippen LogP contribution in [0, 0.1) is 0 Å². The monoisotopic (exact) mass is 422 g/mol. The molecular formula is C9H27IO3Si4. The summed E-state index contributed by atoms with van der Waals surface area (Å²) in [6.45, 7) is 13.3. The van der Waals surface area contributed by atoms with Crippen molar-refractivity contribution in [3.8, 4) is 0 Å². The minimum Gasteiger partial charge on any atom is -0.420 e. The maximum Gasteiger partial charge on any atom is 0.468 e. The van der Waals surface area contributed by atoms with Crippen LogP contribution in [0.5, 0.6) is 0 Å². The van der Waals surface area contributed by atoms with Crippen molar-refractivity contribution in [3.63, 3.8) is 0 Å². The molecule has 3 nitrogen and oxygen atoms in total. The van der Waals surface area contributed by atoms with Crippen molar-refractivity contribution in [2.45, 2.75) is 51.7 Å². The third-order valence-electron chi connectivity index (χ3n) is 1.86. The van der Waals surface area contributed by atoms with E-state index in [1.165, 1.54) is 0 Å². The van der Waals surface area contributed by atoms with Crippen LogP contribution in [0.1, 0.15) is 6.42 Å². The first kappa shape index (κ1) is 18.5. The van der Waals surface area contributed by atoms with Crippen molar-refractivity contribution in [2.24, 2.45) is 0 Å². The van der Waals surface area contributed by atoms with E-state index in [4.69, 9.17) is 12.3 Å². The second-order valence-corrected chi connectivity index (χ2v) is 17.0. The fraction of sp³-hybridized carbons (Fsp3) is 1.00. The summed E-state index contributed by atoms with van der Waals surface area (Å²) in [6.07, 6.45) is 1.15. The number of rotatable bonds is 9. The van der Waals surface area contributed by atoms with Crippen LogP contribution < -0.4 is 0 Å². The first-order valence-corrected chi connectivity index (χ1v) is 18.2. The lowest BCUT2D eigenvalue weighted by molar-refractivity contribution is 0.268. The van der Waals surface area contributed by atoms with E-state index in [9.17, 15) is 0 Å². The van der Waals surface area contributed by atoms with Gasteiger partial charge in [0.25, 0.3) is 0 Å². The molecule has 104 valence electrons. The fourth-order valence-corrected chi connectivity index (χ4v) is 15.5. The average Bonchev–Trinajstić information content (AvgIpc) is 2.11. The highest BCUT2D eigenvalue weighted by molar-refractivity contribution is 14.1. The molecule has 0 aliphatic heterocycles. The predicted octanol–water partition coefficient (Wildman–Crippen LogP) is 2.75. The minimum absolute atomic E-state index is 1.01. The van der Waals surface area contributed by atoms with Crippen LogP contribution in [0.15, 0.2) is 0 Å². The van der Waals surface area contributed by atoms with Crippen LogP contribution >= 0.6 is 22.6 Å². The van der Waals surface area contributed by atoms with Gasteiger partial charge in [-0.25, -0.2) is 0 Å². The van der Waals surface area contributed by atoms with Crippen molar-refractivity contribution in [1.29, 1.82) is 0 Å². The summed E-state index contributed by atoms with van der Waals surface area (Å²) >= 11 is 2.42. The third kappa shape index (κ3) is 9.08.